The molecule has 3 N–H and O–H groups in total. The molecule has 1 aromatic carbocycles. The Bertz CT molecular complexity index is 1200. The Balaban J connectivity index is 1.17. The lowest BCUT2D eigenvalue weighted by atomic mass is 9.97. The SMILES string of the molecule is O=C(Nc1ccn[nH]1)c1csc(C2CCN(C(=O)Cc3c[nH]c4ccccc34)CC2)n1. The summed E-state index contributed by atoms with van der Waals surface area (Å²) in [6.45, 7) is 1.42. The van der Waals surface area contributed by atoms with E-state index in [1.807, 2.05) is 35.4 Å². The number of aromatic nitrogens is 4. The highest BCUT2D eigenvalue weighted by Gasteiger charge is 2.26. The van der Waals surface area contributed by atoms with Crippen LogP contribution in [0.4, 0.5) is 5.82 Å². The van der Waals surface area contributed by atoms with Crippen LogP contribution in [0.5, 0.6) is 0 Å². The predicted octanol–water partition coefficient (Wildman–Crippen LogP) is 3.55. The van der Waals surface area contributed by atoms with Crippen molar-refractivity contribution >= 4 is 39.9 Å². The predicted molar refractivity (Wildman–Crippen MR) is 119 cm³/mol. The number of nitrogens with one attached hydrogen (secondary N) is 3. The number of hydrogen-bond donors (Lipinski definition) is 3. The van der Waals surface area contributed by atoms with Crippen LogP contribution in [0.25, 0.3) is 10.9 Å². The number of H-pyrrole nitrogens is 2. The largest absolute Gasteiger partial charge is 0.361 e. The molecule has 0 aliphatic carbocycles. The number of carbonyl (C=O) groups excluding carboxylic acids is 2. The molecule has 9 heteroatoms. The van der Waals surface area contributed by atoms with Crippen molar-refractivity contribution in [3.05, 3.63) is 64.4 Å². The van der Waals surface area contributed by atoms with Crippen LogP contribution in [-0.2, 0) is 11.2 Å². The topological polar surface area (TPSA) is 107 Å². The average Bonchev–Trinajstić information content (AvgIpc) is 3.55. The molecule has 4 heterocycles. The van der Waals surface area contributed by atoms with Crippen LogP contribution in [0.2, 0.25) is 0 Å². The lowest BCUT2D eigenvalue weighted by Gasteiger charge is -2.31. The molecule has 4 aromatic rings. The zero-order valence-electron chi connectivity index (χ0n) is 16.8. The number of aromatic amines is 2. The fraction of sp³-hybridized carbons (Fsp3) is 0.273. The van der Waals surface area contributed by atoms with Gasteiger partial charge in [-0.15, -0.1) is 11.3 Å². The first-order valence-electron chi connectivity index (χ1n) is 10.3. The molecule has 0 saturated carbocycles. The first kappa shape index (κ1) is 19.5. The third kappa shape index (κ3) is 4.09. The van der Waals surface area contributed by atoms with Gasteiger partial charge in [-0.3, -0.25) is 14.7 Å². The number of thiazole rings is 1. The Kier molecular flexibility index (Phi) is 5.25. The Labute approximate surface area is 182 Å². The van der Waals surface area contributed by atoms with E-state index >= 15 is 0 Å². The summed E-state index contributed by atoms with van der Waals surface area (Å²) < 4.78 is 0. The van der Waals surface area contributed by atoms with E-state index in [4.69, 9.17) is 0 Å². The van der Waals surface area contributed by atoms with Gasteiger partial charge in [0.2, 0.25) is 5.91 Å². The van der Waals surface area contributed by atoms with Gasteiger partial charge in [-0.05, 0) is 24.5 Å². The van der Waals surface area contributed by atoms with Crippen LogP contribution in [-0.4, -0.2) is 50.0 Å². The van der Waals surface area contributed by atoms with Crippen molar-refractivity contribution in [2.75, 3.05) is 18.4 Å². The third-order valence-corrected chi connectivity index (χ3v) is 6.72. The van der Waals surface area contributed by atoms with Gasteiger partial charge in [0.1, 0.15) is 11.5 Å². The van der Waals surface area contributed by atoms with Crippen molar-refractivity contribution in [3.63, 3.8) is 0 Å². The lowest BCUT2D eigenvalue weighted by Crippen LogP contribution is -2.38. The van der Waals surface area contributed by atoms with E-state index in [0.717, 1.165) is 34.3 Å². The number of fused-ring (bicyclic) bond motifs is 1. The molecule has 0 bridgehead atoms. The summed E-state index contributed by atoms with van der Waals surface area (Å²) in [4.78, 5) is 34.9. The van der Waals surface area contributed by atoms with Crippen LogP contribution in [0, 0.1) is 0 Å². The second-order valence-electron chi connectivity index (χ2n) is 7.69. The van der Waals surface area contributed by atoms with Crippen molar-refractivity contribution in [1.82, 2.24) is 25.1 Å². The smallest absolute Gasteiger partial charge is 0.276 e. The summed E-state index contributed by atoms with van der Waals surface area (Å²) in [7, 11) is 0. The second kappa shape index (κ2) is 8.35. The van der Waals surface area contributed by atoms with Crippen molar-refractivity contribution in [2.45, 2.75) is 25.2 Å². The van der Waals surface area contributed by atoms with Gasteiger partial charge in [0, 0.05) is 47.6 Å². The maximum atomic E-state index is 12.8. The van der Waals surface area contributed by atoms with E-state index in [0.29, 0.717) is 31.0 Å². The minimum atomic E-state index is -0.252. The Hall–Kier alpha value is -3.46. The molecule has 0 atom stereocenters. The van der Waals surface area contributed by atoms with Gasteiger partial charge in [-0.2, -0.15) is 5.10 Å². The molecule has 0 radical (unpaired) electrons. The highest BCUT2D eigenvalue weighted by Crippen LogP contribution is 2.31. The second-order valence-corrected chi connectivity index (χ2v) is 8.58. The Morgan fingerprint density at radius 1 is 1.19 bits per heavy atom. The molecule has 5 rings (SSSR count). The Morgan fingerprint density at radius 3 is 2.84 bits per heavy atom. The normalized spacial score (nSPS) is 14.8. The van der Waals surface area contributed by atoms with E-state index in [1.165, 1.54) is 11.3 Å². The molecule has 1 aliphatic rings. The highest BCUT2D eigenvalue weighted by atomic mass is 32.1. The minimum Gasteiger partial charge on any atom is -0.361 e. The van der Waals surface area contributed by atoms with Gasteiger partial charge in [0.25, 0.3) is 5.91 Å². The van der Waals surface area contributed by atoms with E-state index in [9.17, 15) is 9.59 Å². The number of para-hydroxylation sites is 1. The van der Waals surface area contributed by atoms with Crippen LogP contribution < -0.4 is 5.32 Å². The van der Waals surface area contributed by atoms with Gasteiger partial charge in [-0.25, -0.2) is 4.98 Å². The molecule has 3 aromatic heterocycles. The summed E-state index contributed by atoms with van der Waals surface area (Å²) in [5.41, 5.74) is 2.50. The number of rotatable bonds is 5. The van der Waals surface area contributed by atoms with E-state index in [2.05, 4.69) is 25.5 Å². The Morgan fingerprint density at radius 2 is 2.03 bits per heavy atom. The van der Waals surface area contributed by atoms with Gasteiger partial charge in [-0.1, -0.05) is 18.2 Å². The minimum absolute atomic E-state index is 0.155. The summed E-state index contributed by atoms with van der Waals surface area (Å²) in [6.07, 6.45) is 5.63. The van der Waals surface area contributed by atoms with Crippen LogP contribution in [0.15, 0.2) is 48.1 Å². The van der Waals surface area contributed by atoms with Crippen molar-refractivity contribution < 1.29 is 9.59 Å². The zero-order valence-corrected chi connectivity index (χ0v) is 17.6. The van der Waals surface area contributed by atoms with Crippen molar-refractivity contribution in [3.8, 4) is 0 Å². The maximum Gasteiger partial charge on any atom is 0.276 e. The first-order valence-corrected chi connectivity index (χ1v) is 11.1. The summed E-state index contributed by atoms with van der Waals surface area (Å²) in [5.74, 6) is 0.720. The summed E-state index contributed by atoms with van der Waals surface area (Å²) in [5, 5.41) is 13.1. The molecule has 158 valence electrons. The molecule has 1 fully saturated rings. The number of hydrogen-bond acceptors (Lipinski definition) is 5. The number of likely N-dealkylation sites (tertiary alicyclic amines) is 1. The lowest BCUT2D eigenvalue weighted by molar-refractivity contribution is -0.131. The molecule has 0 unspecified atom stereocenters. The third-order valence-electron chi connectivity index (χ3n) is 5.72. The fourth-order valence-corrected chi connectivity index (χ4v) is 4.99. The van der Waals surface area contributed by atoms with Crippen molar-refractivity contribution in [2.24, 2.45) is 0 Å². The monoisotopic (exact) mass is 434 g/mol. The number of amides is 2. The van der Waals surface area contributed by atoms with Gasteiger partial charge in [0.15, 0.2) is 0 Å². The zero-order chi connectivity index (χ0) is 21.2. The summed E-state index contributed by atoms with van der Waals surface area (Å²) in [6, 6.07) is 9.73. The number of piperidine rings is 1. The van der Waals surface area contributed by atoms with Gasteiger partial charge in [0.05, 0.1) is 17.6 Å². The van der Waals surface area contributed by atoms with Crippen molar-refractivity contribution in [1.29, 1.82) is 0 Å². The molecule has 31 heavy (non-hydrogen) atoms. The maximum absolute atomic E-state index is 12.8. The number of anilines is 1. The fourth-order valence-electron chi connectivity index (χ4n) is 4.02. The van der Waals surface area contributed by atoms with Crippen LogP contribution in [0.1, 0.15) is 39.8 Å². The molecular formula is C22H22N6O2S. The van der Waals surface area contributed by atoms with Gasteiger partial charge < -0.3 is 15.2 Å². The highest BCUT2D eigenvalue weighted by molar-refractivity contribution is 7.10. The molecule has 1 aliphatic heterocycles. The quantitative estimate of drug-likeness (QED) is 0.446. The van der Waals surface area contributed by atoms with E-state index in [-0.39, 0.29) is 17.7 Å². The van der Waals surface area contributed by atoms with Gasteiger partial charge >= 0.3 is 0 Å². The van der Waals surface area contributed by atoms with E-state index in [1.54, 1.807) is 17.6 Å². The summed E-state index contributed by atoms with van der Waals surface area (Å²) >= 11 is 1.51. The molecule has 1 saturated heterocycles. The van der Waals surface area contributed by atoms with Crippen LogP contribution >= 0.6 is 11.3 Å². The standard InChI is InChI=1S/C22H22N6O2S/c29-20(11-15-12-23-17-4-2-1-3-16(15)17)28-9-6-14(7-10-28)22-25-18(13-31-22)21(30)26-19-5-8-24-27-19/h1-5,8,12-14,23H,6-7,9-11H2,(H2,24,26,27,30). The number of benzene rings is 1. The molecule has 8 nitrogen and oxygen atoms in total. The molecule has 2 amide bonds. The molecular weight excluding hydrogens is 412 g/mol. The average molecular weight is 435 g/mol. The number of nitrogens with zero attached hydrogens (tertiary/aromatic N) is 3. The first-order chi connectivity index (χ1) is 15.2. The van der Waals surface area contributed by atoms with Crippen LogP contribution in [0.3, 0.4) is 0 Å². The van der Waals surface area contributed by atoms with E-state index < -0.39 is 0 Å². The molecule has 0 spiro atoms. The number of carbonyl (C=O) groups is 2.